The third kappa shape index (κ3) is 4.47. The van der Waals surface area contributed by atoms with Crippen molar-refractivity contribution < 1.29 is 9.53 Å². The highest BCUT2D eigenvalue weighted by Gasteiger charge is 2.28. The molecule has 2 aliphatic rings. The molecule has 1 aromatic carbocycles. The number of benzene rings is 1. The van der Waals surface area contributed by atoms with E-state index in [-0.39, 0.29) is 12.1 Å². The molecule has 2 aromatic rings. The second-order valence-corrected chi connectivity index (χ2v) is 8.06. The molecular formula is C23H30N4O2. The van der Waals surface area contributed by atoms with Gasteiger partial charge in [0.2, 0.25) is 5.88 Å². The molecule has 2 fully saturated rings. The van der Waals surface area contributed by atoms with Crippen molar-refractivity contribution in [3.8, 4) is 5.88 Å². The van der Waals surface area contributed by atoms with Crippen molar-refractivity contribution in [1.29, 1.82) is 0 Å². The number of amides is 2. The largest absolute Gasteiger partial charge is 0.481 e. The summed E-state index contributed by atoms with van der Waals surface area (Å²) in [7, 11) is 1.62. The van der Waals surface area contributed by atoms with Crippen LogP contribution in [0.2, 0.25) is 0 Å². The maximum absolute atomic E-state index is 12.8. The van der Waals surface area contributed by atoms with Crippen LogP contribution in [-0.2, 0) is 0 Å². The maximum atomic E-state index is 12.8. The Balaban J connectivity index is 1.34. The summed E-state index contributed by atoms with van der Waals surface area (Å²) < 4.78 is 5.23. The molecule has 6 heteroatoms. The third-order valence-electron chi connectivity index (χ3n) is 6.12. The fourth-order valence-electron chi connectivity index (χ4n) is 4.45. The Bertz CT molecular complexity index is 833. The van der Waals surface area contributed by atoms with Crippen molar-refractivity contribution in [2.45, 2.75) is 44.6 Å². The van der Waals surface area contributed by atoms with Crippen molar-refractivity contribution in [1.82, 2.24) is 9.88 Å². The lowest BCUT2D eigenvalue weighted by molar-refractivity contribution is 0.184. The summed E-state index contributed by atoms with van der Waals surface area (Å²) in [5.41, 5.74) is 2.26. The van der Waals surface area contributed by atoms with Gasteiger partial charge in [0, 0.05) is 37.4 Å². The van der Waals surface area contributed by atoms with Crippen molar-refractivity contribution >= 4 is 17.5 Å². The summed E-state index contributed by atoms with van der Waals surface area (Å²) >= 11 is 0. The molecule has 29 heavy (non-hydrogen) atoms. The number of hydrogen-bond donors (Lipinski definition) is 1. The Morgan fingerprint density at radius 2 is 1.86 bits per heavy atom. The fraction of sp³-hybridized carbons (Fsp3) is 0.478. The summed E-state index contributed by atoms with van der Waals surface area (Å²) in [5.74, 6) is 2.19. The zero-order valence-corrected chi connectivity index (χ0v) is 17.3. The first-order chi connectivity index (χ1) is 14.1. The van der Waals surface area contributed by atoms with Crippen LogP contribution < -0.4 is 15.0 Å². The maximum Gasteiger partial charge on any atom is 0.322 e. The highest BCUT2D eigenvalue weighted by Crippen LogP contribution is 2.34. The predicted octanol–water partition coefficient (Wildman–Crippen LogP) is 4.49. The van der Waals surface area contributed by atoms with E-state index in [1.54, 1.807) is 7.11 Å². The lowest BCUT2D eigenvalue weighted by Gasteiger charge is -2.40. The van der Waals surface area contributed by atoms with Crippen molar-refractivity contribution in [2.24, 2.45) is 0 Å². The van der Waals surface area contributed by atoms with E-state index in [9.17, 15) is 4.79 Å². The predicted molar refractivity (Wildman–Crippen MR) is 116 cm³/mol. The molecule has 1 unspecified atom stereocenters. The average Bonchev–Trinajstić information content (AvgIpc) is 3.29. The molecule has 1 saturated heterocycles. The fourth-order valence-corrected chi connectivity index (χ4v) is 4.45. The number of ether oxygens (including phenoxy) is 1. The molecular weight excluding hydrogens is 364 g/mol. The van der Waals surface area contributed by atoms with Crippen LogP contribution in [0, 0.1) is 0 Å². The van der Waals surface area contributed by atoms with Crippen LogP contribution in [0.4, 0.5) is 16.3 Å². The zero-order valence-electron chi connectivity index (χ0n) is 17.3. The Morgan fingerprint density at radius 1 is 1.10 bits per heavy atom. The van der Waals surface area contributed by atoms with Gasteiger partial charge in [0.05, 0.1) is 7.11 Å². The number of anilines is 2. The number of pyridine rings is 1. The molecule has 4 rings (SSSR count). The number of urea groups is 1. The molecule has 154 valence electrons. The highest BCUT2D eigenvalue weighted by molar-refractivity contribution is 5.89. The number of carbonyl (C=O) groups is 1. The van der Waals surface area contributed by atoms with Crippen molar-refractivity contribution in [2.75, 3.05) is 37.0 Å². The number of rotatable bonds is 4. The summed E-state index contributed by atoms with van der Waals surface area (Å²) in [5, 5.41) is 3.07. The van der Waals surface area contributed by atoms with Gasteiger partial charge in [0.1, 0.15) is 5.82 Å². The lowest BCUT2D eigenvalue weighted by atomic mass is 9.98. The van der Waals surface area contributed by atoms with E-state index in [2.05, 4.69) is 34.3 Å². The van der Waals surface area contributed by atoms with Crippen LogP contribution in [-0.4, -0.2) is 48.7 Å². The van der Waals surface area contributed by atoms with Gasteiger partial charge in [-0.1, -0.05) is 31.0 Å². The summed E-state index contributed by atoms with van der Waals surface area (Å²) in [6.07, 6.45) is 5.24. The topological polar surface area (TPSA) is 57.7 Å². The van der Waals surface area contributed by atoms with Gasteiger partial charge >= 0.3 is 6.03 Å². The van der Waals surface area contributed by atoms with Crippen LogP contribution >= 0.6 is 0 Å². The average molecular weight is 395 g/mol. The van der Waals surface area contributed by atoms with Crippen LogP contribution in [0.3, 0.4) is 0 Å². The normalized spacial score (nSPS) is 20.0. The van der Waals surface area contributed by atoms with E-state index in [0.717, 1.165) is 24.6 Å². The number of aromatic nitrogens is 1. The standard InChI is InChI=1S/C23H30N4O2/c1-17-16-26(21-8-5-9-22(25-21)29-2)14-15-27(17)23(28)24-20-12-10-19(11-13-20)18-6-3-4-7-18/h5,8-13,17-18H,3-4,6-7,14-16H2,1-2H3,(H,24,28). The van der Waals surface area contributed by atoms with Crippen molar-refractivity contribution in [3.63, 3.8) is 0 Å². The van der Waals surface area contributed by atoms with E-state index < -0.39 is 0 Å². The second-order valence-electron chi connectivity index (χ2n) is 8.06. The van der Waals surface area contributed by atoms with Gasteiger partial charge in [0.15, 0.2) is 0 Å². The number of piperazine rings is 1. The van der Waals surface area contributed by atoms with E-state index in [4.69, 9.17) is 4.74 Å². The SMILES string of the molecule is COc1cccc(N2CCN(C(=O)Nc3ccc(C4CCCC4)cc3)C(C)C2)n1. The number of nitrogens with one attached hydrogen (secondary N) is 1. The first kappa shape index (κ1) is 19.6. The summed E-state index contributed by atoms with van der Waals surface area (Å²) in [6.45, 7) is 4.23. The monoisotopic (exact) mass is 394 g/mol. The van der Waals surface area contributed by atoms with Crippen LogP contribution in [0.5, 0.6) is 5.88 Å². The Labute approximate surface area is 172 Å². The van der Waals surface area contributed by atoms with Gasteiger partial charge in [-0.15, -0.1) is 0 Å². The van der Waals surface area contributed by atoms with Gasteiger partial charge in [-0.05, 0) is 49.4 Å². The molecule has 0 bridgehead atoms. The third-order valence-corrected chi connectivity index (χ3v) is 6.12. The molecule has 1 aliphatic heterocycles. The molecule has 1 saturated carbocycles. The molecule has 1 aliphatic carbocycles. The van der Waals surface area contributed by atoms with Crippen LogP contribution in [0.1, 0.15) is 44.1 Å². The lowest BCUT2D eigenvalue weighted by Crippen LogP contribution is -2.55. The Hall–Kier alpha value is -2.76. The van der Waals surface area contributed by atoms with Crippen LogP contribution in [0.15, 0.2) is 42.5 Å². The van der Waals surface area contributed by atoms with Gasteiger partial charge < -0.3 is 19.9 Å². The zero-order chi connectivity index (χ0) is 20.2. The second kappa shape index (κ2) is 8.72. The molecule has 6 nitrogen and oxygen atoms in total. The summed E-state index contributed by atoms with van der Waals surface area (Å²) in [6, 6.07) is 14.2. The quantitative estimate of drug-likeness (QED) is 0.830. The Morgan fingerprint density at radius 3 is 2.55 bits per heavy atom. The molecule has 2 amide bonds. The van der Waals surface area contributed by atoms with Crippen molar-refractivity contribution in [3.05, 3.63) is 48.0 Å². The molecule has 1 aromatic heterocycles. The number of carbonyl (C=O) groups excluding carboxylic acids is 1. The minimum Gasteiger partial charge on any atom is -0.481 e. The van der Waals surface area contributed by atoms with E-state index in [1.807, 2.05) is 35.2 Å². The number of hydrogen-bond acceptors (Lipinski definition) is 4. The highest BCUT2D eigenvalue weighted by atomic mass is 16.5. The van der Waals surface area contributed by atoms with Gasteiger partial charge in [-0.3, -0.25) is 0 Å². The van der Waals surface area contributed by atoms with Gasteiger partial charge in [-0.25, -0.2) is 4.79 Å². The minimum absolute atomic E-state index is 0.0376. The van der Waals surface area contributed by atoms with Crippen LogP contribution in [0.25, 0.3) is 0 Å². The van der Waals surface area contributed by atoms with E-state index in [1.165, 1.54) is 31.2 Å². The summed E-state index contributed by atoms with van der Waals surface area (Å²) in [4.78, 5) is 21.4. The van der Waals surface area contributed by atoms with Gasteiger partial charge in [0.25, 0.3) is 0 Å². The molecule has 2 heterocycles. The first-order valence-electron chi connectivity index (χ1n) is 10.6. The number of methoxy groups -OCH3 is 1. The smallest absolute Gasteiger partial charge is 0.322 e. The first-order valence-corrected chi connectivity index (χ1v) is 10.6. The molecule has 0 spiro atoms. The Kier molecular flexibility index (Phi) is 5.88. The molecule has 1 N–H and O–H groups in total. The molecule has 1 atom stereocenters. The minimum atomic E-state index is -0.0376. The van der Waals surface area contributed by atoms with E-state index >= 15 is 0 Å². The van der Waals surface area contributed by atoms with Gasteiger partial charge in [-0.2, -0.15) is 4.98 Å². The number of nitrogens with zero attached hydrogens (tertiary/aromatic N) is 3. The van der Waals surface area contributed by atoms with E-state index in [0.29, 0.717) is 18.3 Å². The molecule has 0 radical (unpaired) electrons.